The molecule has 1 aromatic heterocycles. The molecule has 0 spiro atoms. The number of nitrogens with one attached hydrogen (secondary N) is 1. The van der Waals surface area contributed by atoms with Crippen molar-refractivity contribution in [3.8, 4) is 0 Å². The maximum atomic E-state index is 13.6. The lowest BCUT2D eigenvalue weighted by Gasteiger charge is -2.23. The zero-order valence-corrected chi connectivity index (χ0v) is 19.6. The lowest BCUT2D eigenvalue weighted by molar-refractivity contribution is -0.117. The molecule has 2 aromatic carbocycles. The Hall–Kier alpha value is -3.43. The number of fused-ring (bicyclic) bond motifs is 1. The van der Waals surface area contributed by atoms with Gasteiger partial charge in [0.1, 0.15) is 5.82 Å². The molecule has 35 heavy (non-hydrogen) atoms. The number of carbonyl (C=O) groups excluding carboxylic acids is 1. The summed E-state index contributed by atoms with van der Waals surface area (Å²) in [6.07, 6.45) is 1.91. The minimum atomic E-state index is -1.48. The molecule has 1 aliphatic rings. The van der Waals surface area contributed by atoms with Gasteiger partial charge >= 0.3 is 0 Å². The molecule has 0 saturated carbocycles. The molecule has 3 aromatic rings. The van der Waals surface area contributed by atoms with Crippen molar-refractivity contribution < 1.29 is 27.4 Å². The Bertz CT molecular complexity index is 1210. The van der Waals surface area contributed by atoms with Gasteiger partial charge in [-0.15, -0.1) is 0 Å². The van der Waals surface area contributed by atoms with Crippen LogP contribution in [0.5, 0.6) is 0 Å². The summed E-state index contributed by atoms with van der Waals surface area (Å²) in [4.78, 5) is 19.4. The number of benzene rings is 2. The minimum absolute atomic E-state index is 0.213. The van der Waals surface area contributed by atoms with Gasteiger partial charge in [-0.05, 0) is 72.9 Å². The lowest BCUT2D eigenvalue weighted by atomic mass is 10.0. The quantitative estimate of drug-likeness (QED) is 0.376. The van der Waals surface area contributed by atoms with Crippen molar-refractivity contribution in [3.63, 3.8) is 0 Å². The summed E-state index contributed by atoms with van der Waals surface area (Å²) in [6.45, 7) is 2.42. The first kappa shape index (κ1) is 24.7. The SMILES string of the molecule is COC(OC)C(C)NC(=O)c1cccc2c1CCN2c1cc(Cc2cc(F)c(F)c(F)c2)ccn1. The molecular formula is C26H26F3N3O3. The summed E-state index contributed by atoms with van der Waals surface area (Å²) in [5.41, 5.74) is 3.42. The Morgan fingerprint density at radius 3 is 2.49 bits per heavy atom. The van der Waals surface area contributed by atoms with Gasteiger partial charge in [-0.2, -0.15) is 0 Å². The van der Waals surface area contributed by atoms with Gasteiger partial charge in [0.2, 0.25) is 0 Å². The van der Waals surface area contributed by atoms with Gasteiger partial charge in [0.15, 0.2) is 23.7 Å². The van der Waals surface area contributed by atoms with E-state index in [0.717, 1.165) is 28.9 Å². The van der Waals surface area contributed by atoms with Crippen LogP contribution in [0.3, 0.4) is 0 Å². The first-order valence-electron chi connectivity index (χ1n) is 11.2. The number of pyridine rings is 1. The molecular weight excluding hydrogens is 459 g/mol. The van der Waals surface area contributed by atoms with Crippen LogP contribution in [0.2, 0.25) is 0 Å². The van der Waals surface area contributed by atoms with Crippen LogP contribution in [0.4, 0.5) is 24.7 Å². The topological polar surface area (TPSA) is 63.7 Å². The number of hydrogen-bond acceptors (Lipinski definition) is 5. The summed E-state index contributed by atoms with van der Waals surface area (Å²) < 4.78 is 51.0. The van der Waals surface area contributed by atoms with E-state index in [0.29, 0.717) is 29.9 Å². The van der Waals surface area contributed by atoms with Crippen molar-refractivity contribution >= 4 is 17.4 Å². The summed E-state index contributed by atoms with van der Waals surface area (Å²) in [5.74, 6) is -3.49. The van der Waals surface area contributed by atoms with Crippen molar-refractivity contribution in [2.75, 3.05) is 25.7 Å². The predicted molar refractivity (Wildman–Crippen MR) is 125 cm³/mol. The van der Waals surface area contributed by atoms with E-state index >= 15 is 0 Å². The first-order chi connectivity index (χ1) is 16.8. The van der Waals surface area contributed by atoms with Crippen molar-refractivity contribution in [1.29, 1.82) is 0 Å². The van der Waals surface area contributed by atoms with Gasteiger partial charge in [-0.25, -0.2) is 18.2 Å². The minimum Gasteiger partial charge on any atom is -0.354 e. The third-order valence-corrected chi connectivity index (χ3v) is 6.04. The molecule has 0 saturated heterocycles. The van der Waals surface area contributed by atoms with Gasteiger partial charge in [0.05, 0.1) is 6.04 Å². The van der Waals surface area contributed by atoms with E-state index in [4.69, 9.17) is 9.47 Å². The maximum absolute atomic E-state index is 13.6. The molecule has 2 heterocycles. The van der Waals surface area contributed by atoms with Gasteiger partial charge in [0.25, 0.3) is 5.91 Å². The molecule has 9 heteroatoms. The molecule has 1 atom stereocenters. The van der Waals surface area contributed by atoms with Crippen molar-refractivity contribution in [2.45, 2.75) is 32.1 Å². The second kappa shape index (κ2) is 10.5. The second-order valence-electron chi connectivity index (χ2n) is 8.38. The highest BCUT2D eigenvalue weighted by Crippen LogP contribution is 2.36. The zero-order chi connectivity index (χ0) is 25.1. The number of amides is 1. The molecule has 1 unspecified atom stereocenters. The maximum Gasteiger partial charge on any atom is 0.252 e. The van der Waals surface area contributed by atoms with Crippen LogP contribution in [0.1, 0.15) is 34.0 Å². The highest BCUT2D eigenvalue weighted by Gasteiger charge is 2.27. The van der Waals surface area contributed by atoms with E-state index in [9.17, 15) is 18.0 Å². The van der Waals surface area contributed by atoms with E-state index in [-0.39, 0.29) is 18.4 Å². The Labute approximate surface area is 201 Å². The van der Waals surface area contributed by atoms with Crippen LogP contribution in [0.15, 0.2) is 48.7 Å². The number of rotatable bonds is 8. The van der Waals surface area contributed by atoms with Crippen LogP contribution >= 0.6 is 0 Å². The summed E-state index contributed by atoms with van der Waals surface area (Å²) in [5, 5.41) is 2.92. The molecule has 6 nitrogen and oxygen atoms in total. The van der Waals surface area contributed by atoms with Gasteiger partial charge in [-0.1, -0.05) is 6.07 Å². The number of halogens is 3. The van der Waals surface area contributed by atoms with Crippen molar-refractivity contribution in [2.24, 2.45) is 0 Å². The smallest absolute Gasteiger partial charge is 0.252 e. The number of carbonyl (C=O) groups is 1. The van der Waals surface area contributed by atoms with Crippen LogP contribution in [0, 0.1) is 17.5 Å². The molecule has 1 N–H and O–H groups in total. The average molecular weight is 486 g/mol. The van der Waals surface area contributed by atoms with Crippen molar-refractivity contribution in [1.82, 2.24) is 10.3 Å². The molecule has 1 amide bonds. The monoisotopic (exact) mass is 485 g/mol. The molecule has 0 bridgehead atoms. The third-order valence-electron chi connectivity index (χ3n) is 6.04. The van der Waals surface area contributed by atoms with E-state index in [1.54, 1.807) is 25.3 Å². The van der Waals surface area contributed by atoms with E-state index in [1.165, 1.54) is 14.2 Å². The van der Waals surface area contributed by atoms with Crippen molar-refractivity contribution in [3.05, 3.63) is 88.4 Å². The number of hydrogen-bond donors (Lipinski definition) is 1. The molecule has 0 radical (unpaired) electrons. The number of aromatic nitrogens is 1. The highest BCUT2D eigenvalue weighted by molar-refractivity contribution is 5.98. The van der Waals surface area contributed by atoms with Crippen LogP contribution in [-0.2, 0) is 22.3 Å². The summed E-state index contributed by atoms with van der Waals surface area (Å²) in [7, 11) is 3.03. The largest absolute Gasteiger partial charge is 0.354 e. The normalized spacial score (nSPS) is 13.7. The second-order valence-corrected chi connectivity index (χ2v) is 8.38. The Morgan fingerprint density at radius 2 is 1.80 bits per heavy atom. The fourth-order valence-electron chi connectivity index (χ4n) is 4.41. The van der Waals surface area contributed by atoms with E-state index in [2.05, 4.69) is 10.3 Å². The Balaban J connectivity index is 1.56. The van der Waals surface area contributed by atoms with Crippen LogP contribution < -0.4 is 10.2 Å². The Morgan fingerprint density at radius 1 is 1.09 bits per heavy atom. The lowest BCUT2D eigenvalue weighted by Crippen LogP contribution is -2.43. The molecule has 184 valence electrons. The fourth-order valence-corrected chi connectivity index (χ4v) is 4.41. The average Bonchev–Trinajstić information content (AvgIpc) is 3.28. The van der Waals surface area contributed by atoms with Gasteiger partial charge < -0.3 is 19.7 Å². The predicted octanol–water partition coefficient (Wildman–Crippen LogP) is 4.52. The summed E-state index contributed by atoms with van der Waals surface area (Å²) >= 11 is 0. The number of ether oxygens (including phenoxy) is 2. The highest BCUT2D eigenvalue weighted by atomic mass is 19.2. The van der Waals surface area contributed by atoms with E-state index in [1.807, 2.05) is 23.1 Å². The van der Waals surface area contributed by atoms with Crippen LogP contribution in [-0.4, -0.2) is 44.0 Å². The molecule has 1 aliphatic heterocycles. The third kappa shape index (κ3) is 5.16. The zero-order valence-electron chi connectivity index (χ0n) is 19.6. The Kier molecular flexibility index (Phi) is 7.37. The molecule has 0 fully saturated rings. The number of anilines is 2. The number of methoxy groups -OCH3 is 2. The van der Waals surface area contributed by atoms with E-state index < -0.39 is 23.7 Å². The molecule has 0 aliphatic carbocycles. The standard InChI is InChI=1S/C26H26F3N3O3/c1-15(26(34-2)35-3)31-25(33)19-5-4-6-22-18(19)8-10-32(22)23-14-16(7-9-30-23)11-17-12-20(27)24(29)21(28)13-17/h4-7,9,12-15,26H,8,10-11H2,1-3H3,(H,31,33). The van der Waals surface area contributed by atoms with Gasteiger partial charge in [-0.3, -0.25) is 4.79 Å². The summed E-state index contributed by atoms with van der Waals surface area (Å²) in [6, 6.07) is 10.7. The van der Waals surface area contributed by atoms with Gasteiger partial charge in [0, 0.05) is 38.2 Å². The first-order valence-corrected chi connectivity index (χ1v) is 11.2. The fraction of sp³-hybridized carbons (Fsp3) is 0.308. The number of nitrogens with zero attached hydrogens (tertiary/aromatic N) is 2. The van der Waals surface area contributed by atoms with Crippen LogP contribution in [0.25, 0.3) is 0 Å². The molecule has 4 rings (SSSR count).